The van der Waals surface area contributed by atoms with Crippen molar-refractivity contribution in [3.63, 3.8) is 0 Å². The molecular formula is C20H20N4O2S. The minimum absolute atomic E-state index is 0.117. The van der Waals surface area contributed by atoms with E-state index in [9.17, 15) is 10.1 Å². The maximum absolute atomic E-state index is 13.1. The molecule has 3 heterocycles. The number of hydrogen-bond donors (Lipinski definition) is 2. The number of ether oxygens (including phenoxy) is 1. The lowest BCUT2D eigenvalue weighted by Gasteiger charge is -2.39. The van der Waals surface area contributed by atoms with Crippen LogP contribution in [-0.2, 0) is 4.79 Å². The van der Waals surface area contributed by atoms with E-state index in [-0.39, 0.29) is 28.8 Å². The number of nitriles is 1. The van der Waals surface area contributed by atoms with Gasteiger partial charge in [-0.05, 0) is 23.3 Å². The Balaban J connectivity index is 2.03. The molecule has 0 spiro atoms. The van der Waals surface area contributed by atoms with Crippen molar-refractivity contribution in [3.8, 4) is 11.9 Å². The molecule has 1 aliphatic carbocycles. The van der Waals surface area contributed by atoms with E-state index in [4.69, 9.17) is 10.5 Å². The molecule has 0 aromatic carbocycles. The van der Waals surface area contributed by atoms with E-state index in [1.807, 2.05) is 17.5 Å². The fourth-order valence-electron chi connectivity index (χ4n) is 4.09. The second kappa shape index (κ2) is 6.10. The Hall–Kier alpha value is -2.85. The van der Waals surface area contributed by atoms with E-state index in [0.29, 0.717) is 23.2 Å². The molecule has 7 heteroatoms. The first-order valence-electron chi connectivity index (χ1n) is 8.70. The number of rotatable bonds is 2. The first-order valence-corrected chi connectivity index (χ1v) is 9.58. The lowest BCUT2D eigenvalue weighted by molar-refractivity contribution is -0.118. The molecule has 0 amide bonds. The predicted molar refractivity (Wildman–Crippen MR) is 105 cm³/mol. The van der Waals surface area contributed by atoms with Crippen LogP contribution < -0.4 is 15.8 Å². The normalized spacial score (nSPS) is 20.4. The van der Waals surface area contributed by atoms with Crippen LogP contribution in [0.5, 0.6) is 5.88 Å². The molecule has 2 aliphatic rings. The molecular weight excluding hydrogens is 360 g/mol. The van der Waals surface area contributed by atoms with Gasteiger partial charge in [0.1, 0.15) is 17.5 Å². The van der Waals surface area contributed by atoms with E-state index in [2.05, 4.69) is 30.2 Å². The monoisotopic (exact) mass is 380 g/mol. The van der Waals surface area contributed by atoms with Crippen LogP contribution >= 0.6 is 11.3 Å². The molecule has 0 fully saturated rings. The number of allylic oxidation sites excluding steroid dienone is 2. The van der Waals surface area contributed by atoms with Crippen molar-refractivity contribution >= 4 is 28.6 Å². The molecule has 1 atom stereocenters. The molecule has 0 bridgehead atoms. The fraction of sp³-hybridized carbons (Fsp3) is 0.350. The standard InChI is InChI=1S/C20H20N4O2S/c1-20(2)7-11-14(12(25)8-20)15(13-5-4-6-27-13)16-17(23-11)10(9-21)19(26-3)24-18(16)22/h4-6,15,23H,7-8H2,1-3H3,(H2,22,24)/t15-/m1/s1. The summed E-state index contributed by atoms with van der Waals surface area (Å²) in [5, 5.41) is 15.1. The Labute approximate surface area is 161 Å². The number of thiophene rings is 1. The number of aromatic nitrogens is 1. The van der Waals surface area contributed by atoms with Gasteiger partial charge in [-0.15, -0.1) is 11.3 Å². The number of carbonyl (C=O) groups is 1. The number of carbonyl (C=O) groups excluding carboxylic acids is 1. The smallest absolute Gasteiger partial charge is 0.235 e. The molecule has 138 valence electrons. The molecule has 0 unspecified atom stereocenters. The summed E-state index contributed by atoms with van der Waals surface area (Å²) in [4.78, 5) is 18.4. The third-order valence-electron chi connectivity index (χ3n) is 5.14. The summed E-state index contributed by atoms with van der Waals surface area (Å²) < 4.78 is 5.27. The average Bonchev–Trinajstić information content (AvgIpc) is 3.13. The number of Topliss-reactive ketones (excluding diaryl/α,β-unsaturated/α-hetero) is 1. The Morgan fingerprint density at radius 3 is 2.85 bits per heavy atom. The Morgan fingerprint density at radius 1 is 1.44 bits per heavy atom. The van der Waals surface area contributed by atoms with Crippen LogP contribution in [0.2, 0.25) is 0 Å². The second-order valence-electron chi connectivity index (χ2n) is 7.69. The minimum atomic E-state index is -0.314. The Morgan fingerprint density at radius 2 is 2.22 bits per heavy atom. The number of fused-ring (bicyclic) bond motifs is 1. The SMILES string of the molecule is COc1nc(N)c2c(c1C#N)NC1=C(C(=O)CC(C)(C)C1)[C@H]2c1cccs1. The zero-order chi connectivity index (χ0) is 19.3. The third-order valence-corrected chi connectivity index (χ3v) is 6.07. The average molecular weight is 380 g/mol. The van der Waals surface area contributed by atoms with Gasteiger partial charge in [0.25, 0.3) is 0 Å². The summed E-state index contributed by atoms with van der Waals surface area (Å²) in [5.41, 5.74) is 9.35. The van der Waals surface area contributed by atoms with Gasteiger partial charge in [0.05, 0.1) is 18.7 Å². The maximum Gasteiger partial charge on any atom is 0.235 e. The van der Waals surface area contributed by atoms with Gasteiger partial charge in [-0.2, -0.15) is 10.2 Å². The topological polar surface area (TPSA) is 101 Å². The highest BCUT2D eigenvalue weighted by Crippen LogP contribution is 2.52. The fourth-order valence-corrected chi connectivity index (χ4v) is 4.93. The van der Waals surface area contributed by atoms with Crippen molar-refractivity contribution in [1.29, 1.82) is 5.26 Å². The van der Waals surface area contributed by atoms with Gasteiger partial charge in [-0.3, -0.25) is 4.79 Å². The van der Waals surface area contributed by atoms with Crippen molar-refractivity contribution < 1.29 is 9.53 Å². The van der Waals surface area contributed by atoms with Crippen LogP contribution in [0.25, 0.3) is 0 Å². The molecule has 1 aliphatic heterocycles. The Kier molecular flexibility index (Phi) is 3.97. The highest BCUT2D eigenvalue weighted by Gasteiger charge is 2.43. The molecule has 27 heavy (non-hydrogen) atoms. The lowest BCUT2D eigenvalue weighted by atomic mass is 9.69. The summed E-state index contributed by atoms with van der Waals surface area (Å²) in [6, 6.07) is 6.14. The van der Waals surface area contributed by atoms with Crippen LogP contribution in [-0.4, -0.2) is 17.9 Å². The van der Waals surface area contributed by atoms with Crippen LogP contribution in [0.4, 0.5) is 11.5 Å². The third kappa shape index (κ3) is 2.68. The summed E-state index contributed by atoms with van der Waals surface area (Å²) in [6.45, 7) is 4.16. The summed E-state index contributed by atoms with van der Waals surface area (Å²) in [6.07, 6.45) is 1.21. The number of ketones is 1. The number of anilines is 2. The lowest BCUT2D eigenvalue weighted by Crippen LogP contribution is -2.34. The molecule has 2 aromatic rings. The van der Waals surface area contributed by atoms with Crippen molar-refractivity contribution in [2.75, 3.05) is 18.2 Å². The van der Waals surface area contributed by atoms with Crippen molar-refractivity contribution in [2.24, 2.45) is 5.41 Å². The number of nitrogens with two attached hydrogens (primary N) is 1. The van der Waals surface area contributed by atoms with Gasteiger partial charge in [0, 0.05) is 28.1 Å². The number of nitrogens with one attached hydrogen (secondary N) is 1. The first-order chi connectivity index (χ1) is 12.9. The van der Waals surface area contributed by atoms with Gasteiger partial charge < -0.3 is 15.8 Å². The van der Waals surface area contributed by atoms with Crippen LogP contribution in [0.1, 0.15) is 48.6 Å². The zero-order valence-corrected chi connectivity index (χ0v) is 16.2. The van der Waals surface area contributed by atoms with Crippen LogP contribution in [0.3, 0.4) is 0 Å². The van der Waals surface area contributed by atoms with E-state index in [1.165, 1.54) is 7.11 Å². The molecule has 0 saturated carbocycles. The molecule has 0 saturated heterocycles. The molecule has 6 nitrogen and oxygen atoms in total. The van der Waals surface area contributed by atoms with E-state index in [0.717, 1.165) is 22.6 Å². The van der Waals surface area contributed by atoms with E-state index >= 15 is 0 Å². The number of hydrogen-bond acceptors (Lipinski definition) is 7. The number of pyridine rings is 1. The zero-order valence-electron chi connectivity index (χ0n) is 15.4. The van der Waals surface area contributed by atoms with Gasteiger partial charge in [0.2, 0.25) is 5.88 Å². The summed E-state index contributed by atoms with van der Waals surface area (Å²) in [5.74, 6) is 0.268. The second-order valence-corrected chi connectivity index (χ2v) is 8.67. The highest BCUT2D eigenvalue weighted by molar-refractivity contribution is 7.10. The van der Waals surface area contributed by atoms with Gasteiger partial charge in [-0.25, -0.2) is 0 Å². The van der Waals surface area contributed by atoms with Crippen LogP contribution in [0, 0.1) is 16.7 Å². The molecule has 0 radical (unpaired) electrons. The predicted octanol–water partition coefficient (Wildman–Crippen LogP) is 3.81. The number of methoxy groups -OCH3 is 1. The largest absolute Gasteiger partial charge is 0.480 e. The minimum Gasteiger partial charge on any atom is -0.480 e. The number of nitrogens with zero attached hydrogens (tertiary/aromatic N) is 2. The highest BCUT2D eigenvalue weighted by atomic mass is 32.1. The Bertz CT molecular complexity index is 1020. The molecule has 4 rings (SSSR count). The molecule has 3 N–H and O–H groups in total. The van der Waals surface area contributed by atoms with Crippen LogP contribution in [0.15, 0.2) is 28.8 Å². The van der Waals surface area contributed by atoms with E-state index < -0.39 is 0 Å². The van der Waals surface area contributed by atoms with Crippen molar-refractivity contribution in [1.82, 2.24) is 4.98 Å². The van der Waals surface area contributed by atoms with Crippen molar-refractivity contribution in [3.05, 3.63) is 44.8 Å². The molecule has 2 aromatic heterocycles. The maximum atomic E-state index is 13.1. The summed E-state index contributed by atoms with van der Waals surface area (Å²) >= 11 is 1.57. The van der Waals surface area contributed by atoms with Gasteiger partial charge in [-0.1, -0.05) is 19.9 Å². The van der Waals surface area contributed by atoms with Gasteiger partial charge >= 0.3 is 0 Å². The van der Waals surface area contributed by atoms with Crippen molar-refractivity contribution in [2.45, 2.75) is 32.6 Å². The quantitative estimate of drug-likeness (QED) is 0.822. The summed E-state index contributed by atoms with van der Waals surface area (Å²) in [7, 11) is 1.46. The van der Waals surface area contributed by atoms with Gasteiger partial charge in [0.15, 0.2) is 5.78 Å². The number of nitrogen functional groups attached to an aromatic ring is 1. The first kappa shape index (κ1) is 17.6. The van der Waals surface area contributed by atoms with E-state index in [1.54, 1.807) is 11.3 Å².